The summed E-state index contributed by atoms with van der Waals surface area (Å²) in [7, 11) is 0. The molecule has 0 aliphatic rings. The summed E-state index contributed by atoms with van der Waals surface area (Å²) < 4.78 is 1.75. The number of carbonyl (C=O) groups excluding carboxylic acids is 1. The number of primary amides is 1. The van der Waals surface area contributed by atoms with Crippen LogP contribution in [0.5, 0.6) is 0 Å². The predicted molar refractivity (Wildman–Crippen MR) is 66.0 cm³/mol. The minimum absolute atomic E-state index is 0.210. The summed E-state index contributed by atoms with van der Waals surface area (Å²) in [6.45, 7) is 2.31. The highest BCUT2D eigenvalue weighted by Gasteiger charge is 2.10. The molecule has 88 valence electrons. The lowest BCUT2D eigenvalue weighted by Crippen LogP contribution is -2.24. The van der Waals surface area contributed by atoms with E-state index in [1.807, 2.05) is 42.6 Å². The quantitative estimate of drug-likeness (QED) is 0.866. The summed E-state index contributed by atoms with van der Waals surface area (Å²) >= 11 is 0. The summed E-state index contributed by atoms with van der Waals surface area (Å²) in [4.78, 5) is 11.0. The van der Waals surface area contributed by atoms with Crippen molar-refractivity contribution in [3.05, 3.63) is 42.6 Å². The Hall–Kier alpha value is -2.10. The average Bonchev–Trinajstić information content (AvgIpc) is 2.78. The molecule has 0 saturated carbocycles. The first-order valence-corrected chi connectivity index (χ1v) is 5.55. The van der Waals surface area contributed by atoms with Crippen LogP contribution in [0.15, 0.2) is 42.6 Å². The minimum atomic E-state index is -0.304. The molecule has 4 heteroatoms. The molecule has 0 spiro atoms. The second kappa shape index (κ2) is 4.82. The monoisotopic (exact) mass is 229 g/mol. The second-order valence-corrected chi connectivity index (χ2v) is 4.09. The maximum atomic E-state index is 11.0. The Balaban J connectivity index is 2.14. The molecule has 4 nitrogen and oxygen atoms in total. The Morgan fingerprint density at radius 1 is 1.35 bits per heavy atom. The van der Waals surface area contributed by atoms with E-state index in [1.54, 1.807) is 11.6 Å². The standard InChI is InChI=1S/C13H15N3O/c1-10(13(14)17)9-16-8-7-12(15-16)11-5-3-2-4-6-11/h2-8,10H,9H2,1H3,(H2,14,17). The highest BCUT2D eigenvalue weighted by molar-refractivity contribution is 5.76. The lowest BCUT2D eigenvalue weighted by atomic mass is 10.2. The highest BCUT2D eigenvalue weighted by atomic mass is 16.1. The van der Waals surface area contributed by atoms with E-state index in [0.29, 0.717) is 6.54 Å². The SMILES string of the molecule is CC(Cn1ccc(-c2ccccc2)n1)C(N)=O. The van der Waals surface area contributed by atoms with Gasteiger partial charge in [-0.3, -0.25) is 9.48 Å². The number of hydrogen-bond donors (Lipinski definition) is 1. The molecule has 2 aromatic rings. The average molecular weight is 229 g/mol. The number of rotatable bonds is 4. The van der Waals surface area contributed by atoms with Crippen molar-refractivity contribution in [1.29, 1.82) is 0 Å². The summed E-state index contributed by atoms with van der Waals surface area (Å²) in [6.07, 6.45) is 1.86. The molecule has 2 N–H and O–H groups in total. The van der Waals surface area contributed by atoms with E-state index < -0.39 is 0 Å². The Bertz CT molecular complexity index is 504. The van der Waals surface area contributed by atoms with Crippen molar-refractivity contribution in [3.8, 4) is 11.3 Å². The van der Waals surface area contributed by atoms with E-state index in [1.165, 1.54) is 0 Å². The van der Waals surface area contributed by atoms with E-state index >= 15 is 0 Å². The normalized spacial score (nSPS) is 12.3. The number of aromatic nitrogens is 2. The van der Waals surface area contributed by atoms with Gasteiger partial charge in [-0.1, -0.05) is 37.3 Å². The van der Waals surface area contributed by atoms with Crippen LogP contribution in [0, 0.1) is 5.92 Å². The molecule has 1 aromatic heterocycles. The van der Waals surface area contributed by atoms with E-state index in [9.17, 15) is 4.79 Å². The Kier molecular flexibility index (Phi) is 3.23. The molecular formula is C13H15N3O. The second-order valence-electron chi connectivity index (χ2n) is 4.09. The first-order valence-electron chi connectivity index (χ1n) is 5.55. The smallest absolute Gasteiger partial charge is 0.222 e. The molecule has 2 rings (SSSR count). The van der Waals surface area contributed by atoms with Gasteiger partial charge in [0.15, 0.2) is 0 Å². The van der Waals surface area contributed by atoms with Crippen molar-refractivity contribution in [2.24, 2.45) is 11.7 Å². The van der Waals surface area contributed by atoms with Crippen molar-refractivity contribution in [2.75, 3.05) is 0 Å². The molecular weight excluding hydrogens is 214 g/mol. The third-order valence-corrected chi connectivity index (χ3v) is 2.66. The molecule has 0 aliphatic carbocycles. The fourth-order valence-electron chi connectivity index (χ4n) is 1.60. The number of hydrogen-bond acceptors (Lipinski definition) is 2. The van der Waals surface area contributed by atoms with E-state index in [-0.39, 0.29) is 11.8 Å². The highest BCUT2D eigenvalue weighted by Crippen LogP contribution is 2.16. The number of amides is 1. The lowest BCUT2D eigenvalue weighted by molar-refractivity contribution is -0.121. The van der Waals surface area contributed by atoms with Gasteiger partial charge >= 0.3 is 0 Å². The Labute approximate surface area is 100 Å². The van der Waals surface area contributed by atoms with Gasteiger partial charge < -0.3 is 5.73 Å². The Morgan fingerprint density at radius 3 is 2.71 bits per heavy atom. The summed E-state index contributed by atoms with van der Waals surface area (Å²) in [5.41, 5.74) is 7.19. The first kappa shape index (κ1) is 11.4. The Morgan fingerprint density at radius 2 is 2.06 bits per heavy atom. The van der Waals surface area contributed by atoms with Crippen molar-refractivity contribution in [2.45, 2.75) is 13.5 Å². The van der Waals surface area contributed by atoms with Crippen molar-refractivity contribution in [3.63, 3.8) is 0 Å². The summed E-state index contributed by atoms with van der Waals surface area (Å²) in [5, 5.41) is 4.41. The molecule has 17 heavy (non-hydrogen) atoms. The number of carbonyl (C=O) groups is 1. The molecule has 0 aliphatic heterocycles. The van der Waals surface area contributed by atoms with Crippen molar-refractivity contribution in [1.82, 2.24) is 9.78 Å². The van der Waals surface area contributed by atoms with Gasteiger partial charge in [0.05, 0.1) is 18.2 Å². The summed E-state index contributed by atoms with van der Waals surface area (Å²) in [5.74, 6) is -0.514. The number of nitrogens with zero attached hydrogens (tertiary/aromatic N) is 2. The third kappa shape index (κ3) is 2.72. The third-order valence-electron chi connectivity index (χ3n) is 2.66. The molecule has 0 radical (unpaired) electrons. The van der Waals surface area contributed by atoms with E-state index in [2.05, 4.69) is 5.10 Å². The molecule has 0 bridgehead atoms. The van der Waals surface area contributed by atoms with Gasteiger partial charge in [0, 0.05) is 11.8 Å². The molecule has 1 unspecified atom stereocenters. The maximum absolute atomic E-state index is 11.0. The van der Waals surface area contributed by atoms with Crippen LogP contribution in [0.3, 0.4) is 0 Å². The largest absolute Gasteiger partial charge is 0.369 e. The van der Waals surface area contributed by atoms with Crippen LogP contribution in [0.2, 0.25) is 0 Å². The van der Waals surface area contributed by atoms with Crippen LogP contribution < -0.4 is 5.73 Å². The first-order chi connectivity index (χ1) is 8.16. The van der Waals surface area contributed by atoms with Gasteiger partial charge in [0.25, 0.3) is 0 Å². The van der Waals surface area contributed by atoms with Crippen LogP contribution in [-0.4, -0.2) is 15.7 Å². The van der Waals surface area contributed by atoms with Crippen LogP contribution in [0.1, 0.15) is 6.92 Å². The van der Waals surface area contributed by atoms with Gasteiger partial charge in [-0.15, -0.1) is 0 Å². The zero-order chi connectivity index (χ0) is 12.3. The van der Waals surface area contributed by atoms with E-state index in [0.717, 1.165) is 11.3 Å². The van der Waals surface area contributed by atoms with Crippen LogP contribution in [-0.2, 0) is 11.3 Å². The topological polar surface area (TPSA) is 60.9 Å². The fourth-order valence-corrected chi connectivity index (χ4v) is 1.60. The zero-order valence-electron chi connectivity index (χ0n) is 9.71. The molecule has 1 heterocycles. The van der Waals surface area contributed by atoms with Crippen LogP contribution in [0.4, 0.5) is 0 Å². The van der Waals surface area contributed by atoms with Crippen molar-refractivity contribution < 1.29 is 4.79 Å². The zero-order valence-corrected chi connectivity index (χ0v) is 9.71. The molecule has 0 saturated heterocycles. The maximum Gasteiger partial charge on any atom is 0.222 e. The van der Waals surface area contributed by atoms with Gasteiger partial charge in [-0.2, -0.15) is 5.10 Å². The van der Waals surface area contributed by atoms with Crippen LogP contribution in [0.25, 0.3) is 11.3 Å². The molecule has 0 fully saturated rings. The summed E-state index contributed by atoms with van der Waals surface area (Å²) in [6, 6.07) is 11.9. The molecule has 1 amide bonds. The minimum Gasteiger partial charge on any atom is -0.369 e. The molecule has 1 aromatic carbocycles. The number of nitrogens with two attached hydrogens (primary N) is 1. The van der Waals surface area contributed by atoms with Gasteiger partial charge in [-0.25, -0.2) is 0 Å². The van der Waals surface area contributed by atoms with Crippen molar-refractivity contribution >= 4 is 5.91 Å². The van der Waals surface area contributed by atoms with Crippen LogP contribution >= 0.6 is 0 Å². The van der Waals surface area contributed by atoms with Gasteiger partial charge in [-0.05, 0) is 6.07 Å². The van der Waals surface area contributed by atoms with Gasteiger partial charge in [0.2, 0.25) is 5.91 Å². The number of benzene rings is 1. The molecule has 1 atom stereocenters. The fraction of sp³-hybridized carbons (Fsp3) is 0.231. The van der Waals surface area contributed by atoms with E-state index in [4.69, 9.17) is 5.73 Å². The van der Waals surface area contributed by atoms with Gasteiger partial charge in [0.1, 0.15) is 0 Å². The lowest BCUT2D eigenvalue weighted by Gasteiger charge is -2.06. The predicted octanol–water partition coefficient (Wildman–Crippen LogP) is 1.67.